The molecule has 33 heavy (non-hydrogen) atoms. The van der Waals surface area contributed by atoms with Gasteiger partial charge in [0.05, 0.1) is 37.8 Å². The molecule has 0 spiro atoms. The summed E-state index contributed by atoms with van der Waals surface area (Å²) in [5.74, 6) is 0.771. The standard InChI is InChI=1S/C26H25ClN4O2/c27-24-23-25(29-16-28-24)31(17-30-23)26-11-21(26)20(15-32-13-18-7-3-1-4-8-18)22(12-26)33-14-19-9-5-2-6-10-19/h1-10,16-17,20-22H,11-15H2/t20-,21-,22-,26-/m0/s1. The van der Waals surface area contributed by atoms with E-state index in [9.17, 15) is 0 Å². The van der Waals surface area contributed by atoms with E-state index >= 15 is 0 Å². The van der Waals surface area contributed by atoms with Crippen LogP contribution in [0.5, 0.6) is 0 Å². The first-order chi connectivity index (χ1) is 16.2. The quantitative estimate of drug-likeness (QED) is 0.345. The van der Waals surface area contributed by atoms with E-state index in [1.807, 2.05) is 42.7 Å². The fourth-order valence-electron chi connectivity index (χ4n) is 5.44. The third kappa shape index (κ3) is 3.82. The second kappa shape index (κ2) is 8.52. The average Bonchev–Trinajstić information content (AvgIpc) is 3.24. The van der Waals surface area contributed by atoms with E-state index in [-0.39, 0.29) is 11.6 Å². The minimum atomic E-state index is -0.0471. The van der Waals surface area contributed by atoms with Crippen LogP contribution in [0, 0.1) is 11.8 Å². The van der Waals surface area contributed by atoms with Crippen molar-refractivity contribution in [3.63, 3.8) is 0 Å². The van der Waals surface area contributed by atoms with Gasteiger partial charge in [0.15, 0.2) is 10.8 Å². The van der Waals surface area contributed by atoms with Gasteiger partial charge in [0.2, 0.25) is 0 Å². The normalized spacial score (nSPS) is 25.9. The fraction of sp³-hybridized carbons (Fsp3) is 0.346. The van der Waals surface area contributed by atoms with E-state index in [2.05, 4.69) is 43.8 Å². The molecule has 0 N–H and O–H groups in total. The molecule has 4 atom stereocenters. The molecule has 2 aromatic heterocycles. The van der Waals surface area contributed by atoms with Gasteiger partial charge < -0.3 is 14.0 Å². The van der Waals surface area contributed by atoms with Crippen molar-refractivity contribution < 1.29 is 9.47 Å². The number of benzene rings is 2. The highest BCUT2D eigenvalue weighted by Gasteiger charge is 2.67. The maximum Gasteiger partial charge on any atom is 0.165 e. The van der Waals surface area contributed by atoms with Gasteiger partial charge >= 0.3 is 0 Å². The van der Waals surface area contributed by atoms with Crippen LogP contribution in [0.3, 0.4) is 0 Å². The number of ether oxygens (including phenoxy) is 2. The molecule has 0 radical (unpaired) electrons. The Balaban J connectivity index is 1.23. The number of rotatable bonds is 8. The molecular weight excluding hydrogens is 436 g/mol. The molecule has 2 heterocycles. The Morgan fingerprint density at radius 2 is 1.64 bits per heavy atom. The van der Waals surface area contributed by atoms with E-state index < -0.39 is 0 Å². The van der Waals surface area contributed by atoms with Crippen LogP contribution in [0.1, 0.15) is 24.0 Å². The van der Waals surface area contributed by atoms with E-state index in [0.29, 0.717) is 42.3 Å². The smallest absolute Gasteiger partial charge is 0.165 e. The van der Waals surface area contributed by atoms with E-state index in [4.69, 9.17) is 21.1 Å². The first-order valence-corrected chi connectivity index (χ1v) is 11.7. The zero-order valence-electron chi connectivity index (χ0n) is 18.2. The van der Waals surface area contributed by atoms with Gasteiger partial charge in [-0.3, -0.25) is 0 Å². The van der Waals surface area contributed by atoms with Gasteiger partial charge in [0.25, 0.3) is 0 Å². The molecule has 0 unspecified atom stereocenters. The number of fused-ring (bicyclic) bond motifs is 2. The SMILES string of the molecule is Clc1ncnc2c1ncn2[C@@]12C[C@H](OCc3ccccc3)[C@@H](COCc3ccccc3)[C@@H]1C2. The first kappa shape index (κ1) is 20.8. The molecule has 6 nitrogen and oxygen atoms in total. The van der Waals surface area contributed by atoms with E-state index in [0.717, 1.165) is 18.5 Å². The van der Waals surface area contributed by atoms with Crippen LogP contribution in [0.25, 0.3) is 11.2 Å². The minimum Gasteiger partial charge on any atom is -0.376 e. The Labute approximate surface area is 197 Å². The summed E-state index contributed by atoms with van der Waals surface area (Å²) in [4.78, 5) is 13.1. The summed E-state index contributed by atoms with van der Waals surface area (Å²) in [5.41, 5.74) is 3.78. The Hall–Kier alpha value is -2.80. The van der Waals surface area contributed by atoms with Gasteiger partial charge in [-0.1, -0.05) is 72.3 Å². The van der Waals surface area contributed by atoms with Crippen molar-refractivity contribution >= 4 is 22.8 Å². The number of hydrogen-bond donors (Lipinski definition) is 0. The summed E-state index contributed by atoms with van der Waals surface area (Å²) in [7, 11) is 0. The number of aromatic nitrogens is 4. The third-order valence-electron chi connectivity index (χ3n) is 7.15. The third-order valence-corrected chi connectivity index (χ3v) is 7.43. The van der Waals surface area contributed by atoms with Crippen molar-refractivity contribution in [1.82, 2.24) is 19.5 Å². The molecular formula is C26H25ClN4O2. The molecule has 2 aliphatic rings. The van der Waals surface area contributed by atoms with Crippen LogP contribution in [-0.2, 0) is 28.2 Å². The zero-order chi connectivity index (χ0) is 22.3. The predicted molar refractivity (Wildman–Crippen MR) is 126 cm³/mol. The molecule has 168 valence electrons. The average molecular weight is 461 g/mol. The molecule has 0 aliphatic heterocycles. The van der Waals surface area contributed by atoms with Crippen molar-refractivity contribution in [2.24, 2.45) is 11.8 Å². The molecule has 2 aliphatic carbocycles. The summed E-state index contributed by atoms with van der Waals surface area (Å²) in [6.07, 6.45) is 5.47. The molecule has 0 amide bonds. The van der Waals surface area contributed by atoms with Crippen molar-refractivity contribution in [3.05, 3.63) is 89.6 Å². The van der Waals surface area contributed by atoms with Crippen molar-refractivity contribution in [1.29, 1.82) is 0 Å². The predicted octanol–water partition coefficient (Wildman–Crippen LogP) is 5.02. The molecule has 2 fully saturated rings. The molecule has 2 aromatic carbocycles. The van der Waals surface area contributed by atoms with E-state index in [1.165, 1.54) is 17.5 Å². The lowest BCUT2D eigenvalue weighted by Crippen LogP contribution is -2.26. The fourth-order valence-corrected chi connectivity index (χ4v) is 5.62. The number of nitrogens with zero attached hydrogens (tertiary/aromatic N) is 4. The first-order valence-electron chi connectivity index (χ1n) is 11.4. The maximum absolute atomic E-state index is 6.49. The number of halogens is 1. The molecule has 4 aromatic rings. The molecule has 0 bridgehead atoms. The highest BCUT2D eigenvalue weighted by atomic mass is 35.5. The number of hydrogen-bond acceptors (Lipinski definition) is 5. The van der Waals surface area contributed by atoms with Crippen molar-refractivity contribution in [3.8, 4) is 0 Å². The zero-order valence-corrected chi connectivity index (χ0v) is 18.9. The van der Waals surface area contributed by atoms with Crippen molar-refractivity contribution in [2.45, 2.75) is 37.7 Å². The Morgan fingerprint density at radius 1 is 0.909 bits per heavy atom. The Kier molecular flexibility index (Phi) is 5.37. The van der Waals surface area contributed by atoms with Crippen LogP contribution < -0.4 is 0 Å². The lowest BCUT2D eigenvalue weighted by Gasteiger charge is -2.24. The van der Waals surface area contributed by atoms with Gasteiger partial charge in [-0.2, -0.15) is 0 Å². The summed E-state index contributed by atoms with van der Waals surface area (Å²) in [6.45, 7) is 1.88. The Morgan fingerprint density at radius 3 is 2.39 bits per heavy atom. The van der Waals surface area contributed by atoms with Gasteiger partial charge in [-0.15, -0.1) is 0 Å². The monoisotopic (exact) mass is 460 g/mol. The second-order valence-corrected chi connectivity index (χ2v) is 9.43. The largest absolute Gasteiger partial charge is 0.376 e. The maximum atomic E-state index is 6.49. The topological polar surface area (TPSA) is 62.1 Å². The van der Waals surface area contributed by atoms with E-state index in [1.54, 1.807) is 0 Å². The lowest BCUT2D eigenvalue weighted by molar-refractivity contribution is -0.0307. The van der Waals surface area contributed by atoms with Gasteiger partial charge in [0, 0.05) is 5.92 Å². The molecule has 2 saturated carbocycles. The van der Waals surface area contributed by atoms with Gasteiger partial charge in [0.1, 0.15) is 11.8 Å². The highest BCUT2D eigenvalue weighted by Crippen LogP contribution is 2.65. The Bertz CT molecular complexity index is 1250. The second-order valence-electron chi connectivity index (χ2n) is 9.07. The summed E-state index contributed by atoms with van der Waals surface area (Å²) >= 11 is 6.27. The van der Waals surface area contributed by atoms with Gasteiger partial charge in [-0.05, 0) is 29.9 Å². The van der Waals surface area contributed by atoms with Crippen LogP contribution in [0.2, 0.25) is 5.15 Å². The molecule has 0 saturated heterocycles. The van der Waals surface area contributed by atoms with Crippen LogP contribution in [0.4, 0.5) is 0 Å². The summed E-state index contributed by atoms with van der Waals surface area (Å²) < 4.78 is 14.9. The van der Waals surface area contributed by atoms with Gasteiger partial charge in [-0.25, -0.2) is 15.0 Å². The van der Waals surface area contributed by atoms with Crippen LogP contribution >= 0.6 is 11.6 Å². The van der Waals surface area contributed by atoms with Crippen LogP contribution in [-0.4, -0.2) is 32.2 Å². The summed E-state index contributed by atoms with van der Waals surface area (Å²) in [5, 5.41) is 0.393. The lowest BCUT2D eigenvalue weighted by atomic mass is 10.0. The van der Waals surface area contributed by atoms with Crippen molar-refractivity contribution in [2.75, 3.05) is 6.61 Å². The molecule has 6 rings (SSSR count). The van der Waals surface area contributed by atoms with Crippen LogP contribution in [0.15, 0.2) is 73.3 Å². The number of imidazole rings is 1. The highest BCUT2D eigenvalue weighted by molar-refractivity contribution is 6.33. The summed E-state index contributed by atoms with van der Waals surface area (Å²) in [6, 6.07) is 20.6. The minimum absolute atomic E-state index is 0.0471. The molecule has 7 heteroatoms.